The molecule has 2 atom stereocenters. The molecule has 1 aliphatic heterocycles. The number of nitrogens with zero attached hydrogens (tertiary/aromatic N) is 2. The van der Waals surface area contributed by atoms with Gasteiger partial charge in [0, 0.05) is 16.6 Å². The highest BCUT2D eigenvalue weighted by Gasteiger charge is 2.38. The predicted molar refractivity (Wildman–Crippen MR) is 132 cm³/mol. The van der Waals surface area contributed by atoms with Gasteiger partial charge in [-0.2, -0.15) is 0 Å². The zero-order valence-electron chi connectivity index (χ0n) is 18.9. The number of imidazole rings is 1. The molecule has 2 N–H and O–H groups in total. The minimum atomic E-state index is -0.697. The Morgan fingerprint density at radius 1 is 1.30 bits per heavy atom. The van der Waals surface area contributed by atoms with Crippen LogP contribution in [-0.2, 0) is 9.53 Å². The molecule has 7 nitrogen and oxygen atoms in total. The van der Waals surface area contributed by atoms with Gasteiger partial charge < -0.3 is 19.9 Å². The van der Waals surface area contributed by atoms with Crippen LogP contribution < -0.4 is 5.32 Å². The van der Waals surface area contributed by atoms with Crippen LogP contribution in [0.25, 0.3) is 22.0 Å². The topological polar surface area (TPSA) is 87.3 Å². The highest BCUT2D eigenvalue weighted by atomic mass is 79.9. The molecule has 4 rings (SSSR count). The Bertz CT molecular complexity index is 1220. The number of ether oxygens (including phenoxy) is 1. The van der Waals surface area contributed by atoms with E-state index in [1.165, 1.54) is 7.11 Å². The first-order valence-electron chi connectivity index (χ1n) is 10.8. The van der Waals surface area contributed by atoms with Gasteiger partial charge in [0.2, 0.25) is 5.91 Å². The van der Waals surface area contributed by atoms with E-state index >= 15 is 0 Å². The molecule has 1 aliphatic rings. The van der Waals surface area contributed by atoms with Crippen molar-refractivity contribution in [1.82, 2.24) is 20.2 Å². The maximum absolute atomic E-state index is 13.4. The molecule has 2 aromatic carbocycles. The average molecular weight is 511 g/mol. The molecule has 3 aromatic rings. The number of rotatable bonds is 5. The number of hydrogen-bond acceptors (Lipinski definition) is 4. The zero-order chi connectivity index (χ0) is 23.7. The van der Waals surface area contributed by atoms with Crippen molar-refractivity contribution in [3.8, 4) is 11.3 Å². The quantitative estimate of drug-likeness (QED) is 0.461. The molecule has 172 valence electrons. The van der Waals surface area contributed by atoms with E-state index in [-0.39, 0.29) is 17.9 Å². The number of alkyl carbamates (subject to hydrolysis) is 1. The van der Waals surface area contributed by atoms with E-state index in [2.05, 4.69) is 62.1 Å². The molecule has 2 heterocycles. The molecular formula is C25H27BrN4O3. The number of carbonyl (C=O) groups excluding carboxylic acids is 2. The molecule has 1 aromatic heterocycles. The Morgan fingerprint density at radius 2 is 2.09 bits per heavy atom. The lowest BCUT2D eigenvalue weighted by Crippen LogP contribution is -2.51. The van der Waals surface area contributed by atoms with Gasteiger partial charge in [0.15, 0.2) is 0 Å². The molecule has 8 heteroatoms. The number of aromatic nitrogens is 2. The number of H-pyrrole nitrogens is 1. The third kappa shape index (κ3) is 4.66. The lowest BCUT2D eigenvalue weighted by Gasteiger charge is -2.29. The highest BCUT2D eigenvalue weighted by molar-refractivity contribution is 9.10. The second kappa shape index (κ2) is 9.39. The summed E-state index contributed by atoms with van der Waals surface area (Å²) in [7, 11) is 1.29. The fraction of sp³-hybridized carbons (Fsp3) is 0.320. The van der Waals surface area contributed by atoms with Gasteiger partial charge in [-0.3, -0.25) is 4.79 Å². The first kappa shape index (κ1) is 23.0. The second-order valence-electron chi connectivity index (χ2n) is 8.65. The smallest absolute Gasteiger partial charge is 0.407 e. The van der Waals surface area contributed by atoms with Crippen molar-refractivity contribution in [2.45, 2.75) is 32.4 Å². The number of amides is 2. The number of aromatic amines is 1. The molecule has 2 amide bonds. The monoisotopic (exact) mass is 510 g/mol. The maximum atomic E-state index is 13.4. The van der Waals surface area contributed by atoms with E-state index in [9.17, 15) is 9.59 Å². The van der Waals surface area contributed by atoms with Crippen LogP contribution in [0.15, 0.2) is 59.2 Å². The lowest BCUT2D eigenvalue weighted by atomic mass is 10.0. The predicted octanol–water partition coefficient (Wildman–Crippen LogP) is 5.20. The van der Waals surface area contributed by atoms with Crippen molar-refractivity contribution in [1.29, 1.82) is 0 Å². The summed E-state index contributed by atoms with van der Waals surface area (Å²) in [4.78, 5) is 35.0. The molecule has 0 bridgehead atoms. The standard InChI is InChI=1S/C25H27BrN4O3/c1-14(2)22(29-25(32)33-4)24(31)30-13-15(3)10-21(30)23-27-12-20(28-23)19-7-5-6-16-11-17(26)8-9-18(16)19/h5-9,11-12,14,21-22H,3,10,13H2,1-2,4H3,(H,27,28)(H,29,32). The van der Waals surface area contributed by atoms with Gasteiger partial charge >= 0.3 is 6.09 Å². The number of benzene rings is 2. The highest BCUT2D eigenvalue weighted by Crippen LogP contribution is 2.36. The Labute approximate surface area is 201 Å². The van der Waals surface area contributed by atoms with Crippen LogP contribution in [0.2, 0.25) is 0 Å². The first-order chi connectivity index (χ1) is 15.8. The third-order valence-corrected chi connectivity index (χ3v) is 6.46. The van der Waals surface area contributed by atoms with Crippen LogP contribution >= 0.6 is 15.9 Å². The van der Waals surface area contributed by atoms with Gasteiger partial charge in [-0.25, -0.2) is 9.78 Å². The molecule has 0 saturated carbocycles. The normalized spacial score (nSPS) is 16.9. The molecule has 2 unspecified atom stereocenters. The molecule has 0 radical (unpaired) electrons. The van der Waals surface area contributed by atoms with E-state index < -0.39 is 12.1 Å². The first-order valence-corrected chi connectivity index (χ1v) is 11.6. The van der Waals surface area contributed by atoms with Crippen LogP contribution in [0.5, 0.6) is 0 Å². The zero-order valence-corrected chi connectivity index (χ0v) is 20.5. The molecule has 1 saturated heterocycles. The third-order valence-electron chi connectivity index (χ3n) is 5.97. The number of halogens is 1. The van der Waals surface area contributed by atoms with Gasteiger partial charge in [0.1, 0.15) is 11.9 Å². The molecule has 0 aliphatic carbocycles. The summed E-state index contributed by atoms with van der Waals surface area (Å²) >= 11 is 3.53. The summed E-state index contributed by atoms with van der Waals surface area (Å²) in [5.74, 6) is 0.423. The summed E-state index contributed by atoms with van der Waals surface area (Å²) in [5, 5.41) is 4.90. The fourth-order valence-electron chi connectivity index (χ4n) is 4.29. The number of fused-ring (bicyclic) bond motifs is 1. The Morgan fingerprint density at radius 3 is 2.82 bits per heavy atom. The van der Waals surface area contributed by atoms with Gasteiger partial charge in [-0.1, -0.05) is 66.2 Å². The largest absolute Gasteiger partial charge is 0.453 e. The molecule has 33 heavy (non-hydrogen) atoms. The Kier molecular flexibility index (Phi) is 6.56. The van der Waals surface area contributed by atoms with Crippen LogP contribution in [0, 0.1) is 5.92 Å². The summed E-state index contributed by atoms with van der Waals surface area (Å²) < 4.78 is 5.74. The SMILES string of the molecule is C=C1CC(c2ncc(-c3cccc4cc(Br)ccc34)[nH]2)N(C(=O)C(NC(=O)OC)C(C)C)C1. The number of likely N-dealkylation sites (tertiary alicyclic amines) is 1. The van der Waals surface area contributed by atoms with Crippen molar-refractivity contribution in [2.24, 2.45) is 5.92 Å². The average Bonchev–Trinajstić information content (AvgIpc) is 3.42. The Hall–Kier alpha value is -3.13. The van der Waals surface area contributed by atoms with Crippen molar-refractivity contribution < 1.29 is 14.3 Å². The van der Waals surface area contributed by atoms with Gasteiger partial charge in [-0.15, -0.1) is 0 Å². The maximum Gasteiger partial charge on any atom is 0.407 e. The summed E-state index contributed by atoms with van der Waals surface area (Å²) in [5.41, 5.74) is 2.87. The second-order valence-corrected chi connectivity index (χ2v) is 9.56. The van der Waals surface area contributed by atoms with Crippen molar-refractivity contribution >= 4 is 38.7 Å². The number of carbonyl (C=O) groups is 2. The van der Waals surface area contributed by atoms with Crippen LogP contribution in [-0.4, -0.2) is 46.6 Å². The molecule has 1 fully saturated rings. The molecular weight excluding hydrogens is 484 g/mol. The fourth-order valence-corrected chi connectivity index (χ4v) is 4.66. The lowest BCUT2D eigenvalue weighted by molar-refractivity contribution is -0.135. The van der Waals surface area contributed by atoms with Crippen molar-refractivity contribution in [2.75, 3.05) is 13.7 Å². The minimum Gasteiger partial charge on any atom is -0.453 e. The summed E-state index contributed by atoms with van der Waals surface area (Å²) in [6.07, 6.45) is 1.80. The summed E-state index contributed by atoms with van der Waals surface area (Å²) in [6.45, 7) is 8.31. The van der Waals surface area contributed by atoms with E-state index in [0.717, 1.165) is 32.1 Å². The van der Waals surface area contributed by atoms with Crippen LogP contribution in [0.4, 0.5) is 4.79 Å². The summed E-state index contributed by atoms with van der Waals surface area (Å²) in [6, 6.07) is 11.3. The van der Waals surface area contributed by atoms with Gasteiger partial charge in [-0.05, 0) is 35.2 Å². The Balaban J connectivity index is 1.65. The van der Waals surface area contributed by atoms with E-state index in [4.69, 9.17) is 4.74 Å². The van der Waals surface area contributed by atoms with Crippen molar-refractivity contribution in [3.05, 3.63) is 65.0 Å². The number of methoxy groups -OCH3 is 1. The van der Waals surface area contributed by atoms with Crippen LogP contribution in [0.3, 0.4) is 0 Å². The molecule has 0 spiro atoms. The van der Waals surface area contributed by atoms with E-state index in [1.807, 2.05) is 32.2 Å². The van der Waals surface area contributed by atoms with Gasteiger partial charge in [0.25, 0.3) is 0 Å². The van der Waals surface area contributed by atoms with Crippen molar-refractivity contribution in [3.63, 3.8) is 0 Å². The van der Waals surface area contributed by atoms with Gasteiger partial charge in [0.05, 0.1) is 25.0 Å². The number of hydrogen-bond donors (Lipinski definition) is 2. The van der Waals surface area contributed by atoms with E-state index in [0.29, 0.717) is 18.8 Å². The van der Waals surface area contributed by atoms with E-state index in [1.54, 1.807) is 4.90 Å². The minimum absolute atomic E-state index is 0.103. The number of nitrogens with one attached hydrogen (secondary N) is 2. The van der Waals surface area contributed by atoms with Crippen LogP contribution in [0.1, 0.15) is 32.1 Å².